The zero-order chi connectivity index (χ0) is 17.4. The van der Waals surface area contributed by atoms with Crippen molar-refractivity contribution in [2.75, 3.05) is 0 Å². The molecule has 0 saturated heterocycles. The number of aromatic nitrogens is 2. The lowest BCUT2D eigenvalue weighted by Crippen LogP contribution is -2.44. The number of rotatable bonds is 4. The van der Waals surface area contributed by atoms with Crippen LogP contribution in [0, 0.1) is 6.92 Å². The third-order valence-corrected chi connectivity index (χ3v) is 4.83. The molecule has 3 aromatic rings. The smallest absolute Gasteiger partial charge is 0.258 e. The molecule has 6 heteroatoms. The summed E-state index contributed by atoms with van der Waals surface area (Å²) in [5.74, 6) is 0.788. The summed E-state index contributed by atoms with van der Waals surface area (Å²) in [6.07, 6.45) is 2.79. The molecule has 4 rings (SSSR count). The normalized spacial score (nSPS) is 15.0. The second kappa shape index (κ2) is 7.02. The molecular weight excluding hydrogens is 350 g/mol. The van der Waals surface area contributed by atoms with Gasteiger partial charge in [0, 0.05) is 11.1 Å². The van der Waals surface area contributed by atoms with Crippen LogP contribution in [0.15, 0.2) is 53.1 Å². The molecule has 0 spiro atoms. The number of aryl methyl sites for hydroxylation is 1. The topological polar surface area (TPSA) is 82.0 Å². The molecule has 1 saturated carbocycles. The molecule has 1 aromatic heterocycles. The Balaban J connectivity index is 0.00000196. The maximum absolute atomic E-state index is 12.9. The molecule has 0 unspecified atom stereocenters. The van der Waals surface area contributed by atoms with Gasteiger partial charge in [0.25, 0.3) is 5.89 Å². The third-order valence-electron chi connectivity index (χ3n) is 4.83. The Morgan fingerprint density at radius 2 is 1.81 bits per heavy atom. The Hall–Kier alpha value is -2.50. The predicted octanol–water partition coefficient (Wildman–Crippen LogP) is 4.04. The highest BCUT2D eigenvalue weighted by atomic mass is 35.5. The van der Waals surface area contributed by atoms with Crippen LogP contribution in [0.25, 0.3) is 11.5 Å². The van der Waals surface area contributed by atoms with E-state index < -0.39 is 5.54 Å². The molecule has 1 fully saturated rings. The van der Waals surface area contributed by atoms with Gasteiger partial charge in [0.2, 0.25) is 0 Å². The number of halogens is 1. The van der Waals surface area contributed by atoms with E-state index in [4.69, 9.17) is 10.3 Å². The zero-order valence-corrected chi connectivity index (χ0v) is 15.3. The van der Waals surface area contributed by atoms with Crippen LogP contribution in [0.5, 0.6) is 0 Å². The SMILES string of the molecule is Cc1ccc(C(=O)c2ccccc2-c2nc(C3(N)CCC3)no2)cc1.Cl. The van der Waals surface area contributed by atoms with E-state index in [1.54, 1.807) is 6.07 Å². The van der Waals surface area contributed by atoms with E-state index in [1.165, 1.54) is 0 Å². The number of carbonyl (C=O) groups is 1. The minimum Gasteiger partial charge on any atom is -0.334 e. The molecule has 0 atom stereocenters. The van der Waals surface area contributed by atoms with Crippen LogP contribution in [0.1, 0.15) is 46.6 Å². The molecule has 1 aliphatic rings. The number of carbonyl (C=O) groups excluding carboxylic acids is 1. The van der Waals surface area contributed by atoms with Crippen molar-refractivity contribution in [3.8, 4) is 11.5 Å². The Labute approximate surface area is 158 Å². The van der Waals surface area contributed by atoms with Crippen LogP contribution in [-0.4, -0.2) is 15.9 Å². The van der Waals surface area contributed by atoms with Gasteiger partial charge in [-0.1, -0.05) is 53.2 Å². The van der Waals surface area contributed by atoms with Crippen LogP contribution in [0.3, 0.4) is 0 Å². The number of ketones is 1. The Morgan fingerprint density at radius 1 is 1.12 bits per heavy atom. The van der Waals surface area contributed by atoms with Crippen molar-refractivity contribution in [2.45, 2.75) is 31.7 Å². The zero-order valence-electron chi connectivity index (χ0n) is 14.4. The van der Waals surface area contributed by atoms with Crippen LogP contribution >= 0.6 is 12.4 Å². The fourth-order valence-corrected chi connectivity index (χ4v) is 3.04. The summed E-state index contributed by atoms with van der Waals surface area (Å²) in [7, 11) is 0. The Bertz CT molecular complexity index is 930. The van der Waals surface area contributed by atoms with Crippen molar-refractivity contribution in [2.24, 2.45) is 5.73 Å². The van der Waals surface area contributed by atoms with Gasteiger partial charge in [0.15, 0.2) is 11.6 Å². The van der Waals surface area contributed by atoms with E-state index >= 15 is 0 Å². The number of nitrogens with zero attached hydrogens (tertiary/aromatic N) is 2. The molecule has 0 bridgehead atoms. The summed E-state index contributed by atoms with van der Waals surface area (Å²) in [6, 6.07) is 14.8. The molecular formula is C20H20ClN3O2. The van der Waals surface area contributed by atoms with Gasteiger partial charge in [0.05, 0.1) is 11.1 Å². The van der Waals surface area contributed by atoms with Gasteiger partial charge in [-0.3, -0.25) is 4.79 Å². The molecule has 0 aliphatic heterocycles. The van der Waals surface area contributed by atoms with E-state index in [-0.39, 0.29) is 18.2 Å². The van der Waals surface area contributed by atoms with Gasteiger partial charge in [-0.2, -0.15) is 4.98 Å². The van der Waals surface area contributed by atoms with Gasteiger partial charge in [-0.05, 0) is 32.3 Å². The fourth-order valence-electron chi connectivity index (χ4n) is 3.04. The number of benzene rings is 2. The van der Waals surface area contributed by atoms with E-state index in [0.29, 0.717) is 28.4 Å². The first-order valence-corrected chi connectivity index (χ1v) is 8.41. The minimum absolute atomic E-state index is 0. The van der Waals surface area contributed by atoms with Crippen LogP contribution in [0.2, 0.25) is 0 Å². The summed E-state index contributed by atoms with van der Waals surface area (Å²) >= 11 is 0. The first kappa shape index (κ1) is 18.3. The average molecular weight is 370 g/mol. The monoisotopic (exact) mass is 369 g/mol. The van der Waals surface area contributed by atoms with Crippen molar-refractivity contribution in [3.63, 3.8) is 0 Å². The summed E-state index contributed by atoms with van der Waals surface area (Å²) in [4.78, 5) is 17.4. The van der Waals surface area contributed by atoms with Crippen LogP contribution in [0.4, 0.5) is 0 Å². The predicted molar refractivity (Wildman–Crippen MR) is 101 cm³/mol. The first-order valence-electron chi connectivity index (χ1n) is 8.41. The van der Waals surface area contributed by atoms with Crippen LogP contribution in [-0.2, 0) is 5.54 Å². The summed E-state index contributed by atoms with van der Waals surface area (Å²) < 4.78 is 5.43. The highest BCUT2D eigenvalue weighted by Gasteiger charge is 2.39. The lowest BCUT2D eigenvalue weighted by Gasteiger charge is -2.34. The van der Waals surface area contributed by atoms with Crippen molar-refractivity contribution in [3.05, 3.63) is 71.0 Å². The van der Waals surface area contributed by atoms with E-state index in [2.05, 4.69) is 10.1 Å². The van der Waals surface area contributed by atoms with Crippen molar-refractivity contribution >= 4 is 18.2 Å². The fraction of sp³-hybridized carbons (Fsp3) is 0.250. The lowest BCUT2D eigenvalue weighted by atomic mass is 9.77. The highest BCUT2D eigenvalue weighted by Crippen LogP contribution is 2.38. The molecule has 0 amide bonds. The van der Waals surface area contributed by atoms with Crippen LogP contribution < -0.4 is 5.73 Å². The lowest BCUT2D eigenvalue weighted by molar-refractivity contribution is 0.103. The van der Waals surface area contributed by atoms with E-state index in [9.17, 15) is 4.79 Å². The molecule has 2 aromatic carbocycles. The quantitative estimate of drug-likeness (QED) is 0.702. The van der Waals surface area contributed by atoms with Crippen molar-refractivity contribution in [1.82, 2.24) is 10.1 Å². The molecule has 26 heavy (non-hydrogen) atoms. The maximum atomic E-state index is 12.9. The van der Waals surface area contributed by atoms with Gasteiger partial charge >= 0.3 is 0 Å². The van der Waals surface area contributed by atoms with E-state index in [0.717, 1.165) is 24.8 Å². The standard InChI is InChI=1S/C20H19N3O2.ClH/c1-13-7-9-14(10-8-13)17(24)15-5-2-3-6-16(15)18-22-19(23-25-18)20(21)11-4-12-20;/h2-3,5-10H,4,11-12,21H2,1H3;1H. The summed E-state index contributed by atoms with van der Waals surface area (Å²) in [6.45, 7) is 1.99. The summed E-state index contributed by atoms with van der Waals surface area (Å²) in [5, 5.41) is 4.05. The molecule has 0 radical (unpaired) electrons. The number of nitrogens with two attached hydrogens (primary N) is 1. The summed E-state index contributed by atoms with van der Waals surface area (Å²) in [5.41, 5.74) is 8.70. The second-order valence-electron chi connectivity index (χ2n) is 6.67. The Kier molecular flexibility index (Phi) is 4.94. The van der Waals surface area contributed by atoms with Crippen molar-refractivity contribution < 1.29 is 9.32 Å². The minimum atomic E-state index is -0.488. The first-order chi connectivity index (χ1) is 12.1. The van der Waals surface area contributed by atoms with Gasteiger partial charge in [0.1, 0.15) is 0 Å². The Morgan fingerprint density at radius 3 is 2.46 bits per heavy atom. The second-order valence-corrected chi connectivity index (χ2v) is 6.67. The van der Waals surface area contributed by atoms with E-state index in [1.807, 2.05) is 49.4 Å². The molecule has 1 aliphatic carbocycles. The highest BCUT2D eigenvalue weighted by molar-refractivity contribution is 6.12. The average Bonchev–Trinajstić information content (AvgIpc) is 3.10. The number of hydrogen-bond acceptors (Lipinski definition) is 5. The van der Waals surface area contributed by atoms with Gasteiger partial charge in [-0.25, -0.2) is 0 Å². The molecule has 134 valence electrons. The molecule has 2 N–H and O–H groups in total. The van der Waals surface area contributed by atoms with Gasteiger partial charge in [-0.15, -0.1) is 12.4 Å². The third kappa shape index (κ3) is 3.16. The maximum Gasteiger partial charge on any atom is 0.258 e. The van der Waals surface area contributed by atoms with Gasteiger partial charge < -0.3 is 10.3 Å². The number of hydrogen-bond donors (Lipinski definition) is 1. The van der Waals surface area contributed by atoms with Crippen molar-refractivity contribution in [1.29, 1.82) is 0 Å². The largest absolute Gasteiger partial charge is 0.334 e. The molecule has 5 nitrogen and oxygen atoms in total. The molecule has 1 heterocycles.